The SMILES string of the molecule is CC(C)(O)C#Cc1ccc(CNC2CCCN(c3nc4ccccc4s3)C2)s1. The Balaban J connectivity index is 1.35. The van der Waals surface area contributed by atoms with E-state index in [-0.39, 0.29) is 0 Å². The van der Waals surface area contributed by atoms with Crippen LogP contribution < -0.4 is 10.2 Å². The van der Waals surface area contributed by atoms with Crippen molar-refractivity contribution in [3.05, 3.63) is 46.2 Å². The molecule has 146 valence electrons. The maximum absolute atomic E-state index is 9.73. The van der Waals surface area contributed by atoms with E-state index in [4.69, 9.17) is 4.98 Å². The lowest BCUT2D eigenvalue weighted by Crippen LogP contribution is -2.45. The van der Waals surface area contributed by atoms with Crippen LogP contribution in [-0.2, 0) is 6.54 Å². The number of nitrogens with one attached hydrogen (secondary N) is 1. The second-order valence-corrected chi connectivity index (χ2v) is 9.88. The van der Waals surface area contributed by atoms with Gasteiger partial charge < -0.3 is 15.3 Å². The molecule has 1 unspecified atom stereocenters. The molecule has 1 aliphatic heterocycles. The van der Waals surface area contributed by atoms with Gasteiger partial charge in [0.1, 0.15) is 5.60 Å². The zero-order valence-electron chi connectivity index (χ0n) is 16.2. The fraction of sp³-hybridized carbons (Fsp3) is 0.409. The molecule has 3 aromatic rings. The maximum atomic E-state index is 9.73. The molecule has 0 amide bonds. The van der Waals surface area contributed by atoms with E-state index in [0.29, 0.717) is 6.04 Å². The summed E-state index contributed by atoms with van der Waals surface area (Å²) in [5.74, 6) is 5.93. The Kier molecular flexibility index (Phi) is 5.70. The first kappa shape index (κ1) is 19.4. The summed E-state index contributed by atoms with van der Waals surface area (Å²) in [6.45, 7) is 6.34. The Morgan fingerprint density at radius 1 is 1.25 bits per heavy atom. The van der Waals surface area contributed by atoms with E-state index in [1.54, 1.807) is 36.5 Å². The minimum Gasteiger partial charge on any atom is -0.378 e. The van der Waals surface area contributed by atoms with Crippen molar-refractivity contribution in [3.63, 3.8) is 0 Å². The molecule has 0 bridgehead atoms. The topological polar surface area (TPSA) is 48.4 Å². The van der Waals surface area contributed by atoms with Crippen molar-refractivity contribution in [1.82, 2.24) is 10.3 Å². The van der Waals surface area contributed by atoms with Crippen LogP contribution in [0, 0.1) is 11.8 Å². The third-order valence-corrected chi connectivity index (χ3v) is 6.79. The molecule has 4 nitrogen and oxygen atoms in total. The van der Waals surface area contributed by atoms with Crippen LogP contribution in [0.2, 0.25) is 0 Å². The highest BCUT2D eigenvalue weighted by molar-refractivity contribution is 7.22. The molecule has 1 aromatic carbocycles. The minimum atomic E-state index is -0.950. The number of rotatable bonds is 4. The molecule has 2 N–H and O–H groups in total. The summed E-state index contributed by atoms with van der Waals surface area (Å²) in [6, 6.07) is 13.0. The predicted molar refractivity (Wildman–Crippen MR) is 119 cm³/mol. The molecule has 0 aliphatic carbocycles. The van der Waals surface area contributed by atoms with Gasteiger partial charge in [-0.25, -0.2) is 4.98 Å². The third kappa shape index (κ3) is 4.92. The van der Waals surface area contributed by atoms with Crippen molar-refractivity contribution >= 4 is 38.0 Å². The lowest BCUT2D eigenvalue weighted by molar-refractivity contribution is 0.143. The minimum absolute atomic E-state index is 0.466. The molecule has 28 heavy (non-hydrogen) atoms. The zero-order chi connectivity index (χ0) is 19.6. The van der Waals surface area contributed by atoms with Gasteiger partial charge in [-0.05, 0) is 51.0 Å². The van der Waals surface area contributed by atoms with Gasteiger partial charge in [0.05, 0.1) is 15.1 Å². The Morgan fingerprint density at radius 3 is 2.93 bits per heavy atom. The number of para-hydroxylation sites is 1. The number of anilines is 1. The second kappa shape index (κ2) is 8.22. The lowest BCUT2D eigenvalue weighted by atomic mass is 10.1. The first-order valence-electron chi connectivity index (χ1n) is 9.64. The van der Waals surface area contributed by atoms with Crippen LogP contribution in [0.1, 0.15) is 36.4 Å². The molecular weight excluding hydrogens is 386 g/mol. The summed E-state index contributed by atoms with van der Waals surface area (Å²) in [5.41, 5.74) is 0.144. The van der Waals surface area contributed by atoms with Gasteiger partial charge in [-0.2, -0.15) is 0 Å². The molecule has 0 spiro atoms. The van der Waals surface area contributed by atoms with Gasteiger partial charge in [0.2, 0.25) is 0 Å². The highest BCUT2D eigenvalue weighted by atomic mass is 32.1. The first-order valence-corrected chi connectivity index (χ1v) is 11.3. The zero-order valence-corrected chi connectivity index (χ0v) is 17.9. The molecule has 0 radical (unpaired) electrons. The van der Waals surface area contributed by atoms with E-state index < -0.39 is 5.60 Å². The van der Waals surface area contributed by atoms with Crippen LogP contribution in [0.4, 0.5) is 5.13 Å². The Labute approximate surface area is 174 Å². The fourth-order valence-electron chi connectivity index (χ4n) is 3.31. The number of aliphatic hydroxyl groups is 1. The number of thiophene rings is 1. The van der Waals surface area contributed by atoms with Gasteiger partial charge in [-0.15, -0.1) is 11.3 Å². The molecule has 1 aliphatic rings. The highest BCUT2D eigenvalue weighted by Crippen LogP contribution is 2.30. The van der Waals surface area contributed by atoms with Crippen molar-refractivity contribution in [3.8, 4) is 11.8 Å². The monoisotopic (exact) mass is 411 g/mol. The Hall–Kier alpha value is -1.91. The molecule has 3 heterocycles. The van der Waals surface area contributed by atoms with E-state index in [2.05, 4.69) is 46.3 Å². The number of hydrogen-bond acceptors (Lipinski definition) is 6. The van der Waals surface area contributed by atoms with Crippen LogP contribution in [0.25, 0.3) is 10.2 Å². The number of nitrogens with zero attached hydrogens (tertiary/aromatic N) is 2. The van der Waals surface area contributed by atoms with Crippen LogP contribution in [-0.4, -0.2) is 34.8 Å². The lowest BCUT2D eigenvalue weighted by Gasteiger charge is -2.33. The van der Waals surface area contributed by atoms with Crippen molar-refractivity contribution in [1.29, 1.82) is 0 Å². The van der Waals surface area contributed by atoms with E-state index in [9.17, 15) is 5.11 Å². The number of benzene rings is 1. The largest absolute Gasteiger partial charge is 0.378 e. The molecule has 0 saturated carbocycles. The molecule has 2 aromatic heterocycles. The van der Waals surface area contributed by atoms with Gasteiger partial charge in [0.25, 0.3) is 0 Å². The van der Waals surface area contributed by atoms with E-state index in [0.717, 1.165) is 35.2 Å². The number of fused-ring (bicyclic) bond motifs is 1. The molecule has 4 rings (SSSR count). The summed E-state index contributed by atoms with van der Waals surface area (Å²) in [4.78, 5) is 9.51. The number of aromatic nitrogens is 1. The quantitative estimate of drug-likeness (QED) is 0.631. The molecule has 6 heteroatoms. The standard InChI is InChI=1S/C22H25N3OS2/c1-22(2,26)12-11-17-9-10-18(27-17)14-23-16-6-5-13-25(15-16)21-24-19-7-3-4-8-20(19)28-21/h3-4,7-10,16,23,26H,5-6,13-15H2,1-2H3. The van der Waals surface area contributed by atoms with Gasteiger partial charge in [-0.3, -0.25) is 0 Å². The second-order valence-electron chi connectivity index (χ2n) is 7.71. The van der Waals surface area contributed by atoms with Gasteiger partial charge >= 0.3 is 0 Å². The van der Waals surface area contributed by atoms with Gasteiger partial charge in [0, 0.05) is 30.6 Å². The summed E-state index contributed by atoms with van der Waals surface area (Å²) < 4.78 is 1.26. The summed E-state index contributed by atoms with van der Waals surface area (Å²) in [7, 11) is 0. The van der Waals surface area contributed by atoms with Gasteiger partial charge in [0.15, 0.2) is 5.13 Å². The van der Waals surface area contributed by atoms with Crippen molar-refractivity contribution in [2.24, 2.45) is 0 Å². The Morgan fingerprint density at radius 2 is 2.11 bits per heavy atom. The van der Waals surface area contributed by atoms with E-state index in [1.165, 1.54) is 22.4 Å². The first-order chi connectivity index (χ1) is 13.5. The summed E-state index contributed by atoms with van der Waals surface area (Å²) in [5, 5.41) is 14.6. The normalized spacial score (nSPS) is 17.5. The summed E-state index contributed by atoms with van der Waals surface area (Å²) >= 11 is 3.48. The predicted octanol–water partition coefficient (Wildman–Crippen LogP) is 4.24. The average Bonchev–Trinajstić information content (AvgIpc) is 3.31. The van der Waals surface area contributed by atoms with Crippen LogP contribution in [0.15, 0.2) is 36.4 Å². The summed E-state index contributed by atoms with van der Waals surface area (Å²) in [6.07, 6.45) is 2.37. The highest BCUT2D eigenvalue weighted by Gasteiger charge is 2.22. The fourth-order valence-corrected chi connectivity index (χ4v) is 5.13. The van der Waals surface area contributed by atoms with E-state index >= 15 is 0 Å². The molecule has 1 saturated heterocycles. The third-order valence-electron chi connectivity index (χ3n) is 4.69. The number of thiazole rings is 1. The molecule has 1 atom stereocenters. The van der Waals surface area contributed by atoms with Crippen LogP contribution in [0.5, 0.6) is 0 Å². The molecular formula is C22H25N3OS2. The van der Waals surface area contributed by atoms with Crippen molar-refractivity contribution < 1.29 is 5.11 Å². The Bertz CT molecular complexity index is 973. The van der Waals surface area contributed by atoms with Gasteiger partial charge in [-0.1, -0.05) is 35.3 Å². The van der Waals surface area contributed by atoms with Crippen molar-refractivity contribution in [2.45, 2.75) is 44.9 Å². The number of piperidine rings is 1. The van der Waals surface area contributed by atoms with E-state index in [1.807, 2.05) is 12.1 Å². The maximum Gasteiger partial charge on any atom is 0.186 e. The molecule has 1 fully saturated rings. The van der Waals surface area contributed by atoms with Crippen LogP contribution in [0.3, 0.4) is 0 Å². The smallest absolute Gasteiger partial charge is 0.186 e. The average molecular weight is 412 g/mol. The number of hydrogen-bond donors (Lipinski definition) is 2. The van der Waals surface area contributed by atoms with Crippen molar-refractivity contribution in [2.75, 3.05) is 18.0 Å². The van der Waals surface area contributed by atoms with Crippen LogP contribution >= 0.6 is 22.7 Å².